The van der Waals surface area contributed by atoms with Gasteiger partial charge >= 0.3 is 0 Å². The predicted molar refractivity (Wildman–Crippen MR) is 270 cm³/mol. The van der Waals surface area contributed by atoms with E-state index in [0.717, 1.165) is 60.3 Å². The van der Waals surface area contributed by atoms with Crippen LogP contribution in [0.1, 0.15) is 52.7 Å². The number of nitrogens with zero attached hydrogens (tertiary/aromatic N) is 5. The molecule has 0 saturated heterocycles. The Morgan fingerprint density at radius 1 is 0.344 bits per heavy atom. The second-order valence-electron chi connectivity index (χ2n) is 19.4. The van der Waals surface area contributed by atoms with E-state index in [0.29, 0.717) is 17.1 Å². The SMILES string of the molecule is CC(C)(C)c1ccc2c(c1)c1cc(C(C)(C)C)ccc1n2-c1ccc2c(c1)c1cc3cc(c4ccccc4c4nc(-c5ccccc5)nc(n4)c4ccccc34)c1n2-c1ccccc1. The molecule has 5 nitrogen and oxygen atoms in total. The topological polar surface area (TPSA) is 48.5 Å². The minimum atomic E-state index is 0.0178. The maximum absolute atomic E-state index is 5.25. The van der Waals surface area contributed by atoms with Gasteiger partial charge in [0.2, 0.25) is 0 Å². The molecule has 4 bridgehead atoms. The molecule has 12 rings (SSSR count). The van der Waals surface area contributed by atoms with Crippen LogP contribution in [0.3, 0.4) is 0 Å². The average molecular weight is 826 g/mol. The fourth-order valence-corrected chi connectivity index (χ4v) is 9.89. The van der Waals surface area contributed by atoms with E-state index in [9.17, 15) is 0 Å². The monoisotopic (exact) mass is 825 g/mol. The number of hydrogen-bond acceptors (Lipinski definition) is 3. The summed E-state index contributed by atoms with van der Waals surface area (Å²) in [6, 6.07) is 64.1. The van der Waals surface area contributed by atoms with Crippen LogP contribution in [0.4, 0.5) is 0 Å². The van der Waals surface area contributed by atoms with Crippen molar-refractivity contribution in [2.45, 2.75) is 52.4 Å². The zero-order valence-corrected chi connectivity index (χ0v) is 37.0. The largest absolute Gasteiger partial charge is 0.309 e. The highest BCUT2D eigenvalue weighted by Gasteiger charge is 2.23. The van der Waals surface area contributed by atoms with Gasteiger partial charge in [0.05, 0.1) is 22.1 Å². The molecule has 0 aliphatic heterocycles. The van der Waals surface area contributed by atoms with Gasteiger partial charge in [0, 0.05) is 54.6 Å². The van der Waals surface area contributed by atoms with E-state index in [2.05, 4.69) is 208 Å². The Balaban J connectivity index is 1.25. The average Bonchev–Trinajstić information content (AvgIpc) is 3.82. The first kappa shape index (κ1) is 38.1. The number of aromatic nitrogens is 5. The molecule has 0 aliphatic rings. The fraction of sp³-hybridized carbons (Fsp3) is 0.136. The molecule has 0 N–H and O–H groups in total. The first-order valence-electron chi connectivity index (χ1n) is 22.3. The van der Waals surface area contributed by atoms with Gasteiger partial charge in [-0.25, -0.2) is 15.0 Å². The van der Waals surface area contributed by atoms with Crippen molar-refractivity contribution in [1.29, 1.82) is 0 Å². The van der Waals surface area contributed by atoms with Crippen LogP contribution in [0.2, 0.25) is 0 Å². The highest BCUT2D eigenvalue weighted by molar-refractivity contribution is 6.25. The molecule has 0 spiro atoms. The lowest BCUT2D eigenvalue weighted by Gasteiger charge is -2.19. The van der Waals surface area contributed by atoms with Crippen LogP contribution < -0.4 is 0 Å². The van der Waals surface area contributed by atoms with Crippen LogP contribution in [-0.2, 0) is 10.8 Å². The summed E-state index contributed by atoms with van der Waals surface area (Å²) in [5.41, 5.74) is 11.9. The zero-order chi connectivity index (χ0) is 43.5. The molecule has 5 heteroatoms. The standard InChI is InChI=1S/C59H47N5/c1-58(2,3)38-25-28-51-46(33-38)47-34-39(59(4,5)6)26-29-52(47)63(51)41-27-30-53-48(35-41)50-32-37-31-49(54(50)64(53)40-19-11-8-12-20-40)43-22-14-16-24-45(43)57-61-55(36-17-9-7-10-18-36)60-56(62-57)44-23-15-13-21-42(37)44/h7-35H,1-6H3. The van der Waals surface area contributed by atoms with Crippen molar-refractivity contribution >= 4 is 87.2 Å². The van der Waals surface area contributed by atoms with E-state index in [1.54, 1.807) is 0 Å². The Hall–Kier alpha value is -7.63. The first-order chi connectivity index (χ1) is 31.0. The molecule has 0 fully saturated rings. The van der Waals surface area contributed by atoms with Gasteiger partial charge in [0.25, 0.3) is 0 Å². The first-order valence-corrected chi connectivity index (χ1v) is 22.3. The molecular formula is C59H47N5. The summed E-state index contributed by atoms with van der Waals surface area (Å²) in [5, 5.41) is 11.2. The van der Waals surface area contributed by atoms with Gasteiger partial charge in [-0.05, 0) is 105 Å². The van der Waals surface area contributed by atoms with Gasteiger partial charge in [0.15, 0.2) is 17.1 Å². The number of fused-ring (bicyclic) bond motifs is 17. The molecule has 0 atom stereocenters. The quantitative estimate of drug-likeness (QED) is 0.178. The van der Waals surface area contributed by atoms with Crippen molar-refractivity contribution in [2.75, 3.05) is 0 Å². The lowest BCUT2D eigenvalue weighted by atomic mass is 9.85. The summed E-state index contributed by atoms with van der Waals surface area (Å²) >= 11 is 0. The lowest BCUT2D eigenvalue weighted by Crippen LogP contribution is -2.10. The highest BCUT2D eigenvalue weighted by Crippen LogP contribution is 2.43. The third kappa shape index (κ3) is 5.95. The van der Waals surface area contributed by atoms with Crippen LogP contribution in [0.25, 0.3) is 110 Å². The Bertz CT molecular complexity index is 3830. The maximum Gasteiger partial charge on any atom is 0.164 e. The van der Waals surface area contributed by atoms with E-state index in [-0.39, 0.29) is 10.8 Å². The van der Waals surface area contributed by atoms with Crippen molar-refractivity contribution in [3.63, 3.8) is 0 Å². The molecule has 0 radical (unpaired) electrons. The number of rotatable bonds is 3. The molecule has 12 aromatic rings. The van der Waals surface area contributed by atoms with Crippen molar-refractivity contribution in [2.24, 2.45) is 0 Å². The third-order valence-electron chi connectivity index (χ3n) is 13.2. The minimum absolute atomic E-state index is 0.0178. The number of hydrogen-bond donors (Lipinski definition) is 0. The second kappa shape index (κ2) is 13.9. The number of benzene rings is 8. The van der Waals surface area contributed by atoms with E-state index in [1.165, 1.54) is 43.7 Å². The predicted octanol–water partition coefficient (Wildman–Crippen LogP) is 15.5. The Morgan fingerprint density at radius 3 is 1.41 bits per heavy atom. The van der Waals surface area contributed by atoms with E-state index in [4.69, 9.17) is 15.0 Å². The van der Waals surface area contributed by atoms with Crippen LogP contribution in [-0.4, -0.2) is 24.1 Å². The van der Waals surface area contributed by atoms with Crippen molar-refractivity contribution in [1.82, 2.24) is 24.1 Å². The van der Waals surface area contributed by atoms with Gasteiger partial charge < -0.3 is 9.13 Å². The molecule has 0 amide bonds. The van der Waals surface area contributed by atoms with Crippen LogP contribution in [0.5, 0.6) is 0 Å². The maximum atomic E-state index is 5.25. The van der Waals surface area contributed by atoms with Gasteiger partial charge in [-0.1, -0.05) is 151 Å². The highest BCUT2D eigenvalue weighted by atomic mass is 15.0. The zero-order valence-electron chi connectivity index (χ0n) is 37.0. The normalized spacial score (nSPS) is 12.5. The third-order valence-corrected chi connectivity index (χ3v) is 13.2. The Labute approximate surface area is 371 Å². The van der Waals surface area contributed by atoms with Crippen LogP contribution in [0.15, 0.2) is 176 Å². The Morgan fingerprint density at radius 2 is 0.812 bits per heavy atom. The van der Waals surface area contributed by atoms with Gasteiger partial charge in [-0.15, -0.1) is 0 Å². The van der Waals surface area contributed by atoms with Gasteiger partial charge in [0.1, 0.15) is 0 Å². The van der Waals surface area contributed by atoms with Gasteiger partial charge in [-0.3, -0.25) is 0 Å². The fourth-order valence-electron chi connectivity index (χ4n) is 9.89. The molecular weight excluding hydrogens is 779 g/mol. The molecule has 64 heavy (non-hydrogen) atoms. The molecule has 4 heterocycles. The second-order valence-corrected chi connectivity index (χ2v) is 19.4. The summed E-state index contributed by atoms with van der Waals surface area (Å²) < 4.78 is 4.93. The minimum Gasteiger partial charge on any atom is -0.309 e. The van der Waals surface area contributed by atoms with Crippen molar-refractivity contribution in [3.05, 3.63) is 187 Å². The molecule has 4 aromatic heterocycles. The van der Waals surface area contributed by atoms with E-state index >= 15 is 0 Å². The van der Waals surface area contributed by atoms with Crippen molar-refractivity contribution < 1.29 is 0 Å². The summed E-state index contributed by atoms with van der Waals surface area (Å²) in [7, 11) is 0. The van der Waals surface area contributed by atoms with E-state index in [1.807, 2.05) is 18.2 Å². The lowest BCUT2D eigenvalue weighted by molar-refractivity contribution is 0.590. The molecule has 8 aromatic carbocycles. The smallest absolute Gasteiger partial charge is 0.164 e. The van der Waals surface area contributed by atoms with Crippen LogP contribution >= 0.6 is 0 Å². The summed E-state index contributed by atoms with van der Waals surface area (Å²) in [6.45, 7) is 13.8. The van der Waals surface area contributed by atoms with Crippen molar-refractivity contribution in [3.8, 4) is 22.8 Å². The molecule has 308 valence electrons. The van der Waals surface area contributed by atoms with E-state index < -0.39 is 0 Å². The van der Waals surface area contributed by atoms with Crippen LogP contribution in [0, 0.1) is 0 Å². The molecule has 0 unspecified atom stereocenters. The summed E-state index contributed by atoms with van der Waals surface area (Å²) in [6.07, 6.45) is 0. The van der Waals surface area contributed by atoms with Gasteiger partial charge in [-0.2, -0.15) is 0 Å². The molecule has 0 saturated carbocycles. The summed E-state index contributed by atoms with van der Waals surface area (Å²) in [5.74, 6) is 0.653. The molecule has 0 aliphatic carbocycles. The number of para-hydroxylation sites is 1. The summed E-state index contributed by atoms with van der Waals surface area (Å²) in [4.78, 5) is 15.6. The Kier molecular flexibility index (Phi) is 8.29.